The number of carbonyl (C=O) groups excluding carboxylic acids is 1. The quantitative estimate of drug-likeness (QED) is 0.456. The zero-order valence-electron chi connectivity index (χ0n) is 14.2. The number of benzene rings is 2. The van der Waals surface area contributed by atoms with Crippen LogP contribution < -0.4 is 11.1 Å². The molecule has 26 heavy (non-hydrogen) atoms. The summed E-state index contributed by atoms with van der Waals surface area (Å²) in [4.78, 5) is 13.5. The molecule has 0 atom stereocenters. The number of carbonyl (C=O) groups is 1. The van der Waals surface area contributed by atoms with Gasteiger partial charge in [0.25, 0.3) is 5.91 Å². The van der Waals surface area contributed by atoms with Crippen LogP contribution in [0.4, 0.5) is 5.13 Å². The molecule has 1 aromatic heterocycles. The van der Waals surface area contributed by atoms with E-state index in [-0.39, 0.29) is 5.91 Å². The highest BCUT2D eigenvalue weighted by Crippen LogP contribution is 2.24. The summed E-state index contributed by atoms with van der Waals surface area (Å²) in [6, 6.07) is 18.1. The molecule has 3 aromatic rings. The maximum absolute atomic E-state index is 12.5. The van der Waals surface area contributed by atoms with Gasteiger partial charge in [0.2, 0.25) is 5.13 Å². The number of aryl methyl sites for hydroxylation is 1. The fourth-order valence-electron chi connectivity index (χ4n) is 2.47. The minimum absolute atomic E-state index is 0.107. The first kappa shape index (κ1) is 18.4. The number of nitrogens with one attached hydrogen (secondary N) is 1. The van der Waals surface area contributed by atoms with E-state index >= 15 is 0 Å². The van der Waals surface area contributed by atoms with Crippen LogP contribution >= 0.6 is 23.1 Å². The van der Waals surface area contributed by atoms with E-state index in [1.54, 1.807) is 11.8 Å². The second-order valence-corrected chi connectivity index (χ2v) is 7.88. The third-order valence-corrected chi connectivity index (χ3v) is 5.64. The lowest BCUT2D eigenvalue weighted by molar-refractivity contribution is 0.0948. The highest BCUT2D eigenvalue weighted by Gasteiger charge is 2.12. The molecule has 0 saturated carbocycles. The van der Waals surface area contributed by atoms with E-state index in [2.05, 4.69) is 39.8 Å². The van der Waals surface area contributed by atoms with E-state index in [4.69, 9.17) is 5.73 Å². The first-order valence-electron chi connectivity index (χ1n) is 8.34. The van der Waals surface area contributed by atoms with Crippen molar-refractivity contribution in [1.29, 1.82) is 0 Å². The molecule has 0 bridgehead atoms. The Morgan fingerprint density at radius 2 is 1.85 bits per heavy atom. The molecular formula is C19H20N4OS2. The van der Waals surface area contributed by atoms with E-state index in [0.717, 1.165) is 23.5 Å². The molecule has 0 saturated heterocycles. The number of rotatable bonds is 8. The molecule has 3 rings (SSSR count). The van der Waals surface area contributed by atoms with Gasteiger partial charge in [0.1, 0.15) is 5.01 Å². The zero-order valence-corrected chi connectivity index (χ0v) is 15.9. The summed E-state index contributed by atoms with van der Waals surface area (Å²) in [6.45, 7) is 0.334. The Balaban J connectivity index is 1.52. The molecule has 1 amide bonds. The maximum Gasteiger partial charge on any atom is 0.252 e. The van der Waals surface area contributed by atoms with Crippen molar-refractivity contribution in [2.75, 3.05) is 11.5 Å². The fraction of sp³-hybridized carbons (Fsp3) is 0.211. The van der Waals surface area contributed by atoms with Crippen molar-refractivity contribution in [3.05, 3.63) is 70.7 Å². The van der Waals surface area contributed by atoms with Crippen LogP contribution in [0, 0.1) is 0 Å². The summed E-state index contributed by atoms with van der Waals surface area (Å²) in [5.41, 5.74) is 7.59. The Kier molecular flexibility index (Phi) is 6.62. The standard InChI is InChI=1S/C19H20N4OS2/c20-19-23-22-17(26-19)13-21-18(24)15-10-4-5-11-16(15)25-12-6-9-14-7-2-1-3-8-14/h1-5,7-8,10-11H,6,9,12-13H2,(H2,20,23)(H,21,24). The average molecular weight is 385 g/mol. The van der Waals surface area contributed by atoms with Gasteiger partial charge in [0.05, 0.1) is 12.1 Å². The lowest BCUT2D eigenvalue weighted by Crippen LogP contribution is -2.23. The van der Waals surface area contributed by atoms with Gasteiger partial charge in [-0.3, -0.25) is 4.79 Å². The van der Waals surface area contributed by atoms with Crippen molar-refractivity contribution in [1.82, 2.24) is 15.5 Å². The Bertz CT molecular complexity index is 852. The summed E-state index contributed by atoms with van der Waals surface area (Å²) in [7, 11) is 0. The second kappa shape index (κ2) is 9.35. The molecule has 0 radical (unpaired) electrons. The van der Waals surface area contributed by atoms with Gasteiger partial charge in [-0.2, -0.15) is 0 Å². The van der Waals surface area contributed by atoms with Crippen molar-refractivity contribution in [3.63, 3.8) is 0 Å². The van der Waals surface area contributed by atoms with E-state index in [9.17, 15) is 4.79 Å². The number of anilines is 1. The van der Waals surface area contributed by atoms with Crippen molar-refractivity contribution in [2.45, 2.75) is 24.3 Å². The highest BCUT2D eigenvalue weighted by molar-refractivity contribution is 7.99. The largest absolute Gasteiger partial charge is 0.374 e. The Morgan fingerprint density at radius 3 is 2.62 bits per heavy atom. The number of nitrogens with zero attached hydrogens (tertiary/aromatic N) is 2. The van der Waals surface area contributed by atoms with E-state index in [1.807, 2.05) is 30.3 Å². The molecule has 1 heterocycles. The molecule has 0 unspecified atom stereocenters. The summed E-state index contributed by atoms with van der Waals surface area (Å²) in [5, 5.41) is 11.7. The van der Waals surface area contributed by atoms with Crippen LogP contribution in [0.25, 0.3) is 0 Å². The molecule has 3 N–H and O–H groups in total. The lowest BCUT2D eigenvalue weighted by Gasteiger charge is -2.09. The summed E-state index contributed by atoms with van der Waals surface area (Å²) < 4.78 is 0. The molecular weight excluding hydrogens is 364 g/mol. The smallest absolute Gasteiger partial charge is 0.252 e. The van der Waals surface area contributed by atoms with Gasteiger partial charge in [-0.25, -0.2) is 0 Å². The van der Waals surface area contributed by atoms with Crippen LogP contribution in [-0.2, 0) is 13.0 Å². The molecule has 5 nitrogen and oxygen atoms in total. The third-order valence-electron chi connectivity index (χ3n) is 3.72. The number of nitrogens with two attached hydrogens (primary N) is 1. The minimum atomic E-state index is -0.107. The van der Waals surface area contributed by atoms with Crippen LogP contribution in [0.15, 0.2) is 59.5 Å². The predicted octanol–water partition coefficient (Wildman–Crippen LogP) is 3.78. The monoisotopic (exact) mass is 384 g/mol. The van der Waals surface area contributed by atoms with E-state index in [0.29, 0.717) is 22.2 Å². The van der Waals surface area contributed by atoms with Crippen LogP contribution in [-0.4, -0.2) is 21.9 Å². The van der Waals surface area contributed by atoms with Crippen molar-refractivity contribution in [2.24, 2.45) is 0 Å². The second-order valence-electron chi connectivity index (χ2n) is 5.65. The molecule has 2 aromatic carbocycles. The van der Waals surface area contributed by atoms with Crippen LogP contribution in [0.1, 0.15) is 27.3 Å². The first-order chi connectivity index (χ1) is 12.7. The van der Waals surface area contributed by atoms with Gasteiger partial charge in [-0.15, -0.1) is 22.0 Å². The van der Waals surface area contributed by atoms with Gasteiger partial charge in [0, 0.05) is 4.90 Å². The van der Waals surface area contributed by atoms with Gasteiger partial charge in [-0.05, 0) is 36.3 Å². The average Bonchev–Trinajstić information content (AvgIpc) is 3.10. The Labute approximate surface area is 161 Å². The summed E-state index contributed by atoms with van der Waals surface area (Å²) in [5.74, 6) is 0.858. The molecule has 7 heteroatoms. The summed E-state index contributed by atoms with van der Waals surface area (Å²) >= 11 is 2.99. The predicted molar refractivity (Wildman–Crippen MR) is 107 cm³/mol. The van der Waals surface area contributed by atoms with Crippen LogP contribution in [0.5, 0.6) is 0 Å². The van der Waals surface area contributed by atoms with Crippen molar-refractivity contribution in [3.8, 4) is 0 Å². The number of amides is 1. The molecule has 0 fully saturated rings. The maximum atomic E-state index is 12.5. The van der Waals surface area contributed by atoms with E-state index < -0.39 is 0 Å². The van der Waals surface area contributed by atoms with Crippen molar-refractivity contribution < 1.29 is 4.79 Å². The summed E-state index contributed by atoms with van der Waals surface area (Å²) in [6.07, 6.45) is 2.11. The van der Waals surface area contributed by atoms with Crippen LogP contribution in [0.3, 0.4) is 0 Å². The number of thioether (sulfide) groups is 1. The lowest BCUT2D eigenvalue weighted by atomic mass is 10.1. The molecule has 134 valence electrons. The molecule has 0 spiro atoms. The highest BCUT2D eigenvalue weighted by atomic mass is 32.2. The SMILES string of the molecule is Nc1nnc(CNC(=O)c2ccccc2SCCCc2ccccc2)s1. The van der Waals surface area contributed by atoms with Gasteiger partial charge in [-0.1, -0.05) is 53.8 Å². The van der Waals surface area contributed by atoms with Gasteiger partial charge < -0.3 is 11.1 Å². The Hall–Kier alpha value is -2.38. The molecule has 0 aliphatic heterocycles. The fourth-order valence-corrected chi connectivity index (χ4v) is 4.02. The normalized spacial score (nSPS) is 10.6. The Morgan fingerprint density at radius 1 is 1.08 bits per heavy atom. The van der Waals surface area contributed by atoms with Crippen molar-refractivity contribution >= 4 is 34.1 Å². The van der Waals surface area contributed by atoms with E-state index in [1.165, 1.54) is 16.9 Å². The number of hydrogen-bond acceptors (Lipinski definition) is 6. The molecule has 0 aliphatic carbocycles. The zero-order chi connectivity index (χ0) is 18.2. The topological polar surface area (TPSA) is 80.9 Å². The third kappa shape index (κ3) is 5.31. The minimum Gasteiger partial charge on any atom is -0.374 e. The molecule has 0 aliphatic rings. The van der Waals surface area contributed by atoms with Crippen LogP contribution in [0.2, 0.25) is 0 Å². The number of nitrogen functional groups attached to an aromatic ring is 1. The number of hydrogen-bond donors (Lipinski definition) is 2. The van der Waals surface area contributed by atoms with Gasteiger partial charge in [0.15, 0.2) is 0 Å². The van der Waals surface area contributed by atoms with Gasteiger partial charge >= 0.3 is 0 Å². The first-order valence-corrected chi connectivity index (χ1v) is 10.1. The number of aromatic nitrogens is 2.